The highest BCUT2D eigenvalue weighted by atomic mass is 16.2. The SMILES string of the molecule is CCN(CC)C1CCN(C(=O)c2nn(C)cc2N)C1. The molecule has 106 valence electrons. The van der Waals surface area contributed by atoms with Crippen molar-refractivity contribution >= 4 is 11.6 Å². The Morgan fingerprint density at radius 1 is 1.53 bits per heavy atom. The average Bonchev–Trinajstić information content (AvgIpc) is 2.97. The second-order valence-electron chi connectivity index (χ2n) is 5.02. The quantitative estimate of drug-likeness (QED) is 0.863. The van der Waals surface area contributed by atoms with Crippen molar-refractivity contribution in [2.75, 3.05) is 31.9 Å². The van der Waals surface area contributed by atoms with Crippen LogP contribution in [-0.2, 0) is 7.05 Å². The van der Waals surface area contributed by atoms with Gasteiger partial charge in [0, 0.05) is 32.4 Å². The Labute approximate surface area is 114 Å². The smallest absolute Gasteiger partial charge is 0.276 e. The van der Waals surface area contributed by atoms with Crippen LogP contribution >= 0.6 is 0 Å². The summed E-state index contributed by atoms with van der Waals surface area (Å²) in [5, 5.41) is 4.15. The molecule has 1 aliphatic rings. The van der Waals surface area contributed by atoms with Crippen LogP contribution < -0.4 is 5.73 Å². The summed E-state index contributed by atoms with van der Waals surface area (Å²) in [6, 6.07) is 0.462. The summed E-state index contributed by atoms with van der Waals surface area (Å²) in [4.78, 5) is 16.6. The van der Waals surface area contributed by atoms with Crippen LogP contribution in [0.1, 0.15) is 30.8 Å². The fourth-order valence-corrected chi connectivity index (χ4v) is 2.79. The summed E-state index contributed by atoms with van der Waals surface area (Å²) >= 11 is 0. The van der Waals surface area contributed by atoms with Gasteiger partial charge in [-0.3, -0.25) is 14.4 Å². The van der Waals surface area contributed by atoms with Gasteiger partial charge in [-0.1, -0.05) is 13.8 Å². The third-order valence-electron chi connectivity index (χ3n) is 3.84. The van der Waals surface area contributed by atoms with Gasteiger partial charge >= 0.3 is 0 Å². The first kappa shape index (κ1) is 13.9. The molecule has 6 nitrogen and oxygen atoms in total. The van der Waals surface area contributed by atoms with Gasteiger partial charge in [-0.05, 0) is 19.5 Å². The molecular weight excluding hydrogens is 242 g/mol. The maximum absolute atomic E-state index is 12.4. The zero-order valence-electron chi connectivity index (χ0n) is 12.0. The van der Waals surface area contributed by atoms with Gasteiger partial charge in [0.2, 0.25) is 0 Å². The molecular formula is C13H23N5O. The Bertz CT molecular complexity index is 452. The summed E-state index contributed by atoms with van der Waals surface area (Å²) in [7, 11) is 1.77. The lowest BCUT2D eigenvalue weighted by molar-refractivity contribution is 0.0772. The van der Waals surface area contributed by atoms with Crippen molar-refractivity contribution in [3.05, 3.63) is 11.9 Å². The Morgan fingerprint density at radius 3 is 2.74 bits per heavy atom. The predicted molar refractivity (Wildman–Crippen MR) is 74.8 cm³/mol. The number of likely N-dealkylation sites (N-methyl/N-ethyl adjacent to an activating group) is 1. The van der Waals surface area contributed by atoms with Crippen molar-refractivity contribution in [2.45, 2.75) is 26.3 Å². The van der Waals surface area contributed by atoms with Crippen LogP contribution in [0.15, 0.2) is 6.20 Å². The number of nitrogens with zero attached hydrogens (tertiary/aromatic N) is 4. The summed E-state index contributed by atoms with van der Waals surface area (Å²) in [6.07, 6.45) is 2.70. The van der Waals surface area contributed by atoms with Crippen molar-refractivity contribution < 1.29 is 4.79 Å². The van der Waals surface area contributed by atoms with Gasteiger partial charge in [-0.15, -0.1) is 0 Å². The second kappa shape index (κ2) is 5.61. The molecule has 2 heterocycles. The number of hydrogen-bond donors (Lipinski definition) is 1. The van der Waals surface area contributed by atoms with E-state index < -0.39 is 0 Å². The number of carbonyl (C=O) groups is 1. The number of anilines is 1. The van der Waals surface area contributed by atoms with E-state index in [9.17, 15) is 4.79 Å². The van der Waals surface area contributed by atoms with E-state index in [2.05, 4.69) is 23.8 Å². The minimum atomic E-state index is -0.0484. The normalized spacial score (nSPS) is 19.4. The first-order valence-corrected chi connectivity index (χ1v) is 6.89. The Hall–Kier alpha value is -1.56. The lowest BCUT2D eigenvalue weighted by Gasteiger charge is -2.25. The van der Waals surface area contributed by atoms with Crippen molar-refractivity contribution in [2.24, 2.45) is 7.05 Å². The van der Waals surface area contributed by atoms with Crippen LogP contribution in [0.2, 0.25) is 0 Å². The molecule has 0 radical (unpaired) electrons. The molecule has 1 fully saturated rings. The minimum absolute atomic E-state index is 0.0484. The molecule has 1 aromatic rings. The Balaban J connectivity index is 2.04. The maximum Gasteiger partial charge on any atom is 0.276 e. The van der Waals surface area contributed by atoms with E-state index in [1.807, 2.05) is 4.90 Å². The van der Waals surface area contributed by atoms with Crippen LogP contribution in [0.25, 0.3) is 0 Å². The lowest BCUT2D eigenvalue weighted by atomic mass is 10.2. The van der Waals surface area contributed by atoms with Crippen LogP contribution in [-0.4, -0.2) is 57.7 Å². The number of carbonyl (C=O) groups excluding carboxylic acids is 1. The topological polar surface area (TPSA) is 67.4 Å². The molecule has 19 heavy (non-hydrogen) atoms. The van der Waals surface area contributed by atoms with E-state index >= 15 is 0 Å². The molecule has 0 aliphatic carbocycles. The molecule has 1 unspecified atom stereocenters. The van der Waals surface area contributed by atoms with Crippen LogP contribution in [0.5, 0.6) is 0 Å². The number of aromatic nitrogens is 2. The van der Waals surface area contributed by atoms with E-state index in [0.717, 1.165) is 32.6 Å². The number of amides is 1. The summed E-state index contributed by atoms with van der Waals surface area (Å²) < 4.78 is 1.58. The lowest BCUT2D eigenvalue weighted by Crippen LogP contribution is -2.38. The van der Waals surface area contributed by atoms with E-state index in [-0.39, 0.29) is 5.91 Å². The zero-order chi connectivity index (χ0) is 14.0. The van der Waals surface area contributed by atoms with Crippen LogP contribution in [0.3, 0.4) is 0 Å². The third kappa shape index (κ3) is 2.73. The van der Waals surface area contributed by atoms with Crippen LogP contribution in [0, 0.1) is 0 Å². The Kier molecular flexibility index (Phi) is 4.09. The number of hydrogen-bond acceptors (Lipinski definition) is 4. The predicted octanol–water partition coefficient (Wildman–Crippen LogP) is 0.559. The zero-order valence-corrected chi connectivity index (χ0v) is 12.0. The van der Waals surface area contributed by atoms with Gasteiger partial charge in [0.15, 0.2) is 5.69 Å². The number of nitrogens with two attached hydrogens (primary N) is 1. The molecule has 1 aliphatic heterocycles. The first-order chi connectivity index (χ1) is 9.06. The Morgan fingerprint density at radius 2 is 2.21 bits per heavy atom. The maximum atomic E-state index is 12.4. The average molecular weight is 265 g/mol. The van der Waals surface area contributed by atoms with Gasteiger partial charge < -0.3 is 10.6 Å². The number of aryl methyl sites for hydroxylation is 1. The summed E-state index contributed by atoms with van der Waals surface area (Å²) in [5.74, 6) is -0.0484. The monoisotopic (exact) mass is 265 g/mol. The van der Waals surface area contributed by atoms with Crippen molar-refractivity contribution in [1.82, 2.24) is 19.6 Å². The van der Waals surface area contributed by atoms with Gasteiger partial charge in [0.05, 0.1) is 5.69 Å². The van der Waals surface area contributed by atoms with Gasteiger partial charge in [-0.2, -0.15) is 5.10 Å². The summed E-state index contributed by atoms with van der Waals surface area (Å²) in [5.41, 5.74) is 6.65. The van der Waals surface area contributed by atoms with E-state index in [1.165, 1.54) is 0 Å². The summed E-state index contributed by atoms with van der Waals surface area (Å²) in [6.45, 7) is 7.92. The number of rotatable bonds is 4. The highest BCUT2D eigenvalue weighted by Gasteiger charge is 2.31. The molecule has 1 atom stereocenters. The standard InChI is InChI=1S/C13H23N5O/c1-4-17(5-2)10-6-7-18(8-10)13(19)12-11(14)9-16(3)15-12/h9-10H,4-8,14H2,1-3H3. The number of nitrogen functional groups attached to an aromatic ring is 1. The van der Waals surface area contributed by atoms with Gasteiger partial charge in [0.25, 0.3) is 5.91 Å². The van der Waals surface area contributed by atoms with E-state index in [0.29, 0.717) is 17.4 Å². The highest BCUT2D eigenvalue weighted by Crippen LogP contribution is 2.19. The van der Waals surface area contributed by atoms with E-state index in [1.54, 1.807) is 17.9 Å². The molecule has 2 N–H and O–H groups in total. The molecule has 0 bridgehead atoms. The molecule has 0 aromatic carbocycles. The molecule has 1 saturated heterocycles. The van der Waals surface area contributed by atoms with E-state index in [4.69, 9.17) is 5.73 Å². The van der Waals surface area contributed by atoms with Crippen molar-refractivity contribution in [3.8, 4) is 0 Å². The molecule has 0 saturated carbocycles. The van der Waals surface area contributed by atoms with Crippen LogP contribution in [0.4, 0.5) is 5.69 Å². The highest BCUT2D eigenvalue weighted by molar-refractivity contribution is 5.97. The van der Waals surface area contributed by atoms with Crippen molar-refractivity contribution in [1.29, 1.82) is 0 Å². The molecule has 1 amide bonds. The third-order valence-corrected chi connectivity index (χ3v) is 3.84. The molecule has 0 spiro atoms. The van der Waals surface area contributed by atoms with Gasteiger partial charge in [0.1, 0.15) is 0 Å². The first-order valence-electron chi connectivity index (χ1n) is 6.89. The van der Waals surface area contributed by atoms with Crippen molar-refractivity contribution in [3.63, 3.8) is 0 Å². The fraction of sp³-hybridized carbons (Fsp3) is 0.692. The fourth-order valence-electron chi connectivity index (χ4n) is 2.79. The van der Waals surface area contributed by atoms with Gasteiger partial charge in [-0.25, -0.2) is 0 Å². The minimum Gasteiger partial charge on any atom is -0.396 e. The molecule has 2 rings (SSSR count). The largest absolute Gasteiger partial charge is 0.396 e. The molecule has 6 heteroatoms. The number of likely N-dealkylation sites (tertiary alicyclic amines) is 1. The second-order valence-corrected chi connectivity index (χ2v) is 5.02. The molecule has 1 aromatic heterocycles.